The van der Waals surface area contributed by atoms with E-state index in [1.165, 1.54) is 7.11 Å². The number of carbonyl (C=O) groups excluding carboxylic acids is 2. The molecule has 0 amide bonds. The van der Waals surface area contributed by atoms with Crippen molar-refractivity contribution in [3.05, 3.63) is 59.8 Å². The first-order valence-corrected chi connectivity index (χ1v) is 8.54. The Kier molecular flexibility index (Phi) is 5.45. The summed E-state index contributed by atoms with van der Waals surface area (Å²) in [6, 6.07) is 12.7. The van der Waals surface area contributed by atoms with Crippen LogP contribution in [0, 0.1) is 0 Å². The zero-order valence-electron chi connectivity index (χ0n) is 15.4. The first-order valence-electron chi connectivity index (χ1n) is 8.54. The maximum absolute atomic E-state index is 12.7. The summed E-state index contributed by atoms with van der Waals surface area (Å²) in [6.45, 7) is 1.58. The van der Waals surface area contributed by atoms with Crippen molar-refractivity contribution in [2.75, 3.05) is 14.2 Å². The van der Waals surface area contributed by atoms with Crippen LogP contribution in [0.3, 0.4) is 0 Å². The van der Waals surface area contributed by atoms with E-state index in [0.29, 0.717) is 22.6 Å². The van der Waals surface area contributed by atoms with Gasteiger partial charge in [0.25, 0.3) is 0 Å². The fraction of sp³-hybridized carbons (Fsp3) is 0.238. The Morgan fingerprint density at radius 2 is 1.78 bits per heavy atom. The number of Topliss-reactive ketones (excluding diaryl/α,β-unsaturated/α-hetero) is 1. The zero-order chi connectivity index (χ0) is 19.4. The van der Waals surface area contributed by atoms with Crippen molar-refractivity contribution in [3.8, 4) is 11.5 Å². The molecule has 0 saturated heterocycles. The molecule has 0 radical (unpaired) electrons. The lowest BCUT2D eigenvalue weighted by Crippen LogP contribution is -2.25. The highest BCUT2D eigenvalue weighted by Crippen LogP contribution is 2.28. The highest BCUT2D eigenvalue weighted by molar-refractivity contribution is 6.10. The molecule has 1 N–H and O–H groups in total. The van der Waals surface area contributed by atoms with Gasteiger partial charge in [-0.25, -0.2) is 0 Å². The van der Waals surface area contributed by atoms with Crippen molar-refractivity contribution in [2.24, 2.45) is 0 Å². The summed E-state index contributed by atoms with van der Waals surface area (Å²) in [5.74, 6) is 0.388. The van der Waals surface area contributed by atoms with Crippen molar-refractivity contribution in [2.45, 2.75) is 19.4 Å². The molecule has 0 aliphatic carbocycles. The fourth-order valence-corrected chi connectivity index (χ4v) is 2.94. The van der Waals surface area contributed by atoms with Crippen LogP contribution in [0.1, 0.15) is 22.8 Å². The molecule has 0 saturated carbocycles. The molecular weight excluding hydrogens is 346 g/mol. The summed E-state index contributed by atoms with van der Waals surface area (Å²) < 4.78 is 15.8. The van der Waals surface area contributed by atoms with Gasteiger partial charge in [-0.05, 0) is 30.7 Å². The van der Waals surface area contributed by atoms with E-state index in [4.69, 9.17) is 14.2 Å². The number of methoxy groups -OCH3 is 2. The summed E-state index contributed by atoms with van der Waals surface area (Å²) in [5.41, 5.74) is 2.09. The van der Waals surface area contributed by atoms with Crippen LogP contribution in [0.4, 0.5) is 0 Å². The molecule has 1 heterocycles. The number of ether oxygens (including phenoxy) is 3. The Bertz CT molecular complexity index is 976. The Hall–Kier alpha value is -3.28. The van der Waals surface area contributed by atoms with Gasteiger partial charge in [0.1, 0.15) is 0 Å². The Morgan fingerprint density at radius 3 is 2.52 bits per heavy atom. The summed E-state index contributed by atoms with van der Waals surface area (Å²) in [5, 5.41) is 0.810. The molecule has 3 rings (SSSR count). The minimum Gasteiger partial charge on any atom is -0.493 e. The molecule has 3 aromatic rings. The van der Waals surface area contributed by atoms with Crippen molar-refractivity contribution in [1.82, 2.24) is 4.98 Å². The van der Waals surface area contributed by atoms with Crippen molar-refractivity contribution < 1.29 is 23.8 Å². The van der Waals surface area contributed by atoms with E-state index in [2.05, 4.69) is 4.98 Å². The number of nitrogens with one attached hydrogen (secondary N) is 1. The second kappa shape index (κ2) is 7.95. The number of hydrogen-bond donors (Lipinski definition) is 1. The van der Waals surface area contributed by atoms with Gasteiger partial charge >= 0.3 is 5.97 Å². The minimum atomic E-state index is -0.878. The lowest BCUT2D eigenvalue weighted by atomic mass is 10.1. The van der Waals surface area contributed by atoms with Crippen LogP contribution < -0.4 is 9.47 Å². The first kappa shape index (κ1) is 18.5. The second-order valence-corrected chi connectivity index (χ2v) is 6.11. The third-order valence-electron chi connectivity index (χ3n) is 4.33. The maximum Gasteiger partial charge on any atom is 0.310 e. The smallest absolute Gasteiger partial charge is 0.310 e. The number of fused-ring (bicyclic) bond motifs is 1. The van der Waals surface area contributed by atoms with Gasteiger partial charge in [-0.15, -0.1) is 0 Å². The molecule has 2 aromatic carbocycles. The molecular formula is C21H21NO5. The van der Waals surface area contributed by atoms with Gasteiger partial charge in [-0.2, -0.15) is 0 Å². The molecule has 1 aromatic heterocycles. The van der Waals surface area contributed by atoms with E-state index < -0.39 is 12.1 Å². The molecule has 0 fully saturated rings. The Morgan fingerprint density at radius 1 is 1.04 bits per heavy atom. The van der Waals surface area contributed by atoms with E-state index in [-0.39, 0.29) is 12.2 Å². The summed E-state index contributed by atoms with van der Waals surface area (Å²) >= 11 is 0. The largest absolute Gasteiger partial charge is 0.493 e. The SMILES string of the molecule is COc1ccc(CC(=O)OC(C)C(=O)c2c[nH]c3ccccc23)cc1OC. The fourth-order valence-electron chi connectivity index (χ4n) is 2.94. The van der Waals surface area contributed by atoms with E-state index in [1.807, 2.05) is 24.3 Å². The molecule has 0 spiro atoms. The number of rotatable bonds is 7. The Balaban J connectivity index is 1.68. The minimum absolute atomic E-state index is 0.0336. The quantitative estimate of drug-likeness (QED) is 0.510. The number of aromatic amines is 1. The average Bonchev–Trinajstić information content (AvgIpc) is 3.11. The number of hydrogen-bond acceptors (Lipinski definition) is 5. The van der Waals surface area contributed by atoms with Crippen LogP contribution in [-0.4, -0.2) is 37.1 Å². The van der Waals surface area contributed by atoms with Gasteiger partial charge < -0.3 is 19.2 Å². The van der Waals surface area contributed by atoms with Crippen LogP contribution in [0.2, 0.25) is 0 Å². The van der Waals surface area contributed by atoms with Crippen LogP contribution in [-0.2, 0) is 16.0 Å². The molecule has 27 heavy (non-hydrogen) atoms. The third-order valence-corrected chi connectivity index (χ3v) is 4.33. The van der Waals surface area contributed by atoms with Crippen molar-refractivity contribution >= 4 is 22.7 Å². The van der Waals surface area contributed by atoms with Gasteiger partial charge in [0, 0.05) is 22.7 Å². The normalized spacial score (nSPS) is 11.8. The van der Waals surface area contributed by atoms with Gasteiger partial charge in [-0.3, -0.25) is 9.59 Å². The number of benzene rings is 2. The van der Waals surface area contributed by atoms with Crippen molar-refractivity contribution in [3.63, 3.8) is 0 Å². The van der Waals surface area contributed by atoms with Crippen LogP contribution >= 0.6 is 0 Å². The molecule has 1 atom stereocenters. The zero-order valence-corrected chi connectivity index (χ0v) is 15.4. The monoisotopic (exact) mass is 367 g/mol. The molecule has 1 unspecified atom stereocenters. The standard InChI is InChI=1S/C21H21NO5/c1-13(21(24)16-12-22-17-7-5-4-6-15(16)17)27-20(23)11-14-8-9-18(25-2)19(10-14)26-3/h4-10,12-13,22H,11H2,1-3H3. The Labute approximate surface area is 157 Å². The van der Waals surface area contributed by atoms with E-state index in [0.717, 1.165) is 10.9 Å². The predicted molar refractivity (Wildman–Crippen MR) is 101 cm³/mol. The number of ketones is 1. The number of para-hydroxylation sites is 1. The highest BCUT2D eigenvalue weighted by atomic mass is 16.5. The molecule has 0 aliphatic rings. The molecule has 6 heteroatoms. The van der Waals surface area contributed by atoms with Crippen LogP contribution in [0.15, 0.2) is 48.7 Å². The van der Waals surface area contributed by atoms with Crippen LogP contribution in [0.5, 0.6) is 11.5 Å². The van der Waals surface area contributed by atoms with Gasteiger partial charge in [0.2, 0.25) is 5.78 Å². The second-order valence-electron chi connectivity index (χ2n) is 6.11. The number of aromatic nitrogens is 1. The van der Waals surface area contributed by atoms with Gasteiger partial charge in [-0.1, -0.05) is 24.3 Å². The predicted octanol–water partition coefficient (Wildman–Crippen LogP) is 3.54. The first-order chi connectivity index (χ1) is 13.0. The maximum atomic E-state index is 12.7. The summed E-state index contributed by atoms with van der Waals surface area (Å²) in [4.78, 5) is 28.0. The van der Waals surface area contributed by atoms with Gasteiger partial charge in [0.15, 0.2) is 17.6 Å². The number of esters is 1. The molecule has 140 valence electrons. The van der Waals surface area contributed by atoms with Crippen LogP contribution in [0.25, 0.3) is 10.9 Å². The summed E-state index contributed by atoms with van der Waals surface area (Å²) in [7, 11) is 3.08. The molecule has 0 bridgehead atoms. The number of carbonyl (C=O) groups is 2. The molecule has 0 aliphatic heterocycles. The van der Waals surface area contributed by atoms with E-state index in [1.54, 1.807) is 38.4 Å². The summed E-state index contributed by atoms with van der Waals surface area (Å²) in [6.07, 6.45) is 0.800. The van der Waals surface area contributed by atoms with Gasteiger partial charge in [0.05, 0.1) is 20.6 Å². The van der Waals surface area contributed by atoms with Crippen molar-refractivity contribution in [1.29, 1.82) is 0 Å². The lowest BCUT2D eigenvalue weighted by molar-refractivity contribution is -0.145. The molecule has 6 nitrogen and oxygen atoms in total. The lowest BCUT2D eigenvalue weighted by Gasteiger charge is -2.13. The average molecular weight is 367 g/mol. The third kappa shape index (κ3) is 3.95. The van der Waals surface area contributed by atoms with E-state index >= 15 is 0 Å². The highest BCUT2D eigenvalue weighted by Gasteiger charge is 2.22. The number of H-pyrrole nitrogens is 1. The van der Waals surface area contributed by atoms with E-state index in [9.17, 15) is 9.59 Å². The topological polar surface area (TPSA) is 77.6 Å².